The number of benzene rings is 1. The molecule has 0 bridgehead atoms. The Balaban J connectivity index is 1.66. The standard InChI is InChI=1S/C21H27N3O4/c22-13-6-4-2-1-3-5-8-14-9-7-10-15-18(14)21(28)24(20(15)27)16-11-12-17(25)23-19(16)26/h7,9-10,16H,1-6,8,11-13,22H2,(H,23,25,26). The van der Waals surface area contributed by atoms with Gasteiger partial charge in [-0.2, -0.15) is 0 Å². The van der Waals surface area contributed by atoms with Gasteiger partial charge in [-0.15, -0.1) is 0 Å². The molecule has 0 aliphatic carbocycles. The minimum atomic E-state index is -0.916. The summed E-state index contributed by atoms with van der Waals surface area (Å²) in [6.45, 7) is 0.732. The number of unbranched alkanes of at least 4 members (excludes halogenated alkanes) is 5. The minimum absolute atomic E-state index is 0.126. The summed E-state index contributed by atoms with van der Waals surface area (Å²) >= 11 is 0. The van der Waals surface area contributed by atoms with Crippen molar-refractivity contribution in [2.24, 2.45) is 5.73 Å². The van der Waals surface area contributed by atoms with E-state index in [-0.39, 0.29) is 18.7 Å². The van der Waals surface area contributed by atoms with Crippen LogP contribution in [0.5, 0.6) is 0 Å². The number of piperidine rings is 1. The van der Waals surface area contributed by atoms with Gasteiger partial charge in [0.05, 0.1) is 11.1 Å². The summed E-state index contributed by atoms with van der Waals surface area (Å²) in [4.78, 5) is 50.3. The second-order valence-electron chi connectivity index (χ2n) is 7.45. The average Bonchev–Trinajstić information content (AvgIpc) is 2.93. The molecule has 1 aromatic rings. The van der Waals surface area contributed by atoms with E-state index in [1.807, 2.05) is 6.07 Å². The molecule has 1 unspecified atom stereocenters. The predicted molar refractivity (Wildman–Crippen MR) is 104 cm³/mol. The van der Waals surface area contributed by atoms with Crippen molar-refractivity contribution < 1.29 is 19.2 Å². The number of hydrogen-bond acceptors (Lipinski definition) is 5. The molecule has 150 valence electrons. The lowest BCUT2D eigenvalue weighted by atomic mass is 9.97. The monoisotopic (exact) mass is 385 g/mol. The van der Waals surface area contributed by atoms with Crippen molar-refractivity contribution in [3.63, 3.8) is 0 Å². The fraction of sp³-hybridized carbons (Fsp3) is 0.524. The van der Waals surface area contributed by atoms with Gasteiger partial charge in [-0.05, 0) is 43.9 Å². The van der Waals surface area contributed by atoms with Crippen molar-refractivity contribution in [2.75, 3.05) is 6.54 Å². The van der Waals surface area contributed by atoms with Crippen molar-refractivity contribution >= 4 is 23.6 Å². The summed E-state index contributed by atoms with van der Waals surface area (Å²) in [7, 11) is 0. The van der Waals surface area contributed by atoms with Crippen molar-refractivity contribution in [1.82, 2.24) is 10.2 Å². The lowest BCUT2D eigenvalue weighted by Gasteiger charge is -2.27. The number of rotatable bonds is 9. The summed E-state index contributed by atoms with van der Waals surface area (Å²) in [5.41, 5.74) is 7.12. The molecule has 28 heavy (non-hydrogen) atoms. The van der Waals surface area contributed by atoms with E-state index in [0.717, 1.165) is 62.0 Å². The SMILES string of the molecule is NCCCCCCCCc1cccc2c1C(=O)N(C1CCC(=O)NC1=O)C2=O. The highest BCUT2D eigenvalue weighted by Gasteiger charge is 2.45. The third-order valence-electron chi connectivity index (χ3n) is 5.45. The lowest BCUT2D eigenvalue weighted by molar-refractivity contribution is -0.136. The highest BCUT2D eigenvalue weighted by Crippen LogP contribution is 2.30. The second-order valence-corrected chi connectivity index (χ2v) is 7.45. The van der Waals surface area contributed by atoms with Crippen molar-refractivity contribution in [3.8, 4) is 0 Å². The maximum Gasteiger partial charge on any atom is 0.262 e. The molecule has 4 amide bonds. The topological polar surface area (TPSA) is 110 Å². The number of carbonyl (C=O) groups is 4. The molecular weight excluding hydrogens is 358 g/mol. The van der Waals surface area contributed by atoms with Gasteiger partial charge in [-0.3, -0.25) is 29.4 Å². The van der Waals surface area contributed by atoms with E-state index in [1.54, 1.807) is 12.1 Å². The molecule has 3 N–H and O–H groups in total. The van der Waals surface area contributed by atoms with Crippen LogP contribution in [-0.4, -0.2) is 41.1 Å². The molecule has 0 aromatic heterocycles. The van der Waals surface area contributed by atoms with E-state index in [2.05, 4.69) is 5.32 Å². The number of nitrogens with two attached hydrogens (primary N) is 1. The van der Waals surface area contributed by atoms with Gasteiger partial charge in [-0.1, -0.05) is 37.8 Å². The summed E-state index contributed by atoms with van der Waals surface area (Å²) < 4.78 is 0. The summed E-state index contributed by atoms with van der Waals surface area (Å²) in [6, 6.07) is 4.39. The lowest BCUT2D eigenvalue weighted by Crippen LogP contribution is -2.54. The molecule has 2 heterocycles. The van der Waals surface area contributed by atoms with E-state index in [4.69, 9.17) is 5.73 Å². The van der Waals surface area contributed by atoms with Gasteiger partial charge in [0.2, 0.25) is 11.8 Å². The fourth-order valence-electron chi connectivity index (χ4n) is 3.96. The van der Waals surface area contributed by atoms with Crippen LogP contribution in [0, 0.1) is 0 Å². The van der Waals surface area contributed by atoms with Crippen LogP contribution in [0.1, 0.15) is 77.6 Å². The number of nitrogens with zero attached hydrogens (tertiary/aromatic N) is 1. The highest BCUT2D eigenvalue weighted by molar-refractivity contribution is 6.24. The number of nitrogens with one attached hydrogen (secondary N) is 1. The second kappa shape index (κ2) is 9.10. The van der Waals surface area contributed by atoms with Gasteiger partial charge in [-0.25, -0.2) is 0 Å². The summed E-state index contributed by atoms with van der Waals surface area (Å²) in [5.74, 6) is -1.82. The van der Waals surface area contributed by atoms with Crippen molar-refractivity contribution in [2.45, 2.75) is 63.8 Å². The third kappa shape index (κ3) is 4.14. The van der Waals surface area contributed by atoms with Crippen LogP contribution in [0.25, 0.3) is 0 Å². The Labute approximate surface area is 164 Å². The average molecular weight is 385 g/mol. The van der Waals surface area contributed by atoms with Gasteiger partial charge in [0.15, 0.2) is 0 Å². The first kappa shape index (κ1) is 20.2. The molecule has 7 heteroatoms. The van der Waals surface area contributed by atoms with Crippen molar-refractivity contribution in [1.29, 1.82) is 0 Å². The number of fused-ring (bicyclic) bond motifs is 1. The quantitative estimate of drug-likeness (QED) is 0.499. The smallest absolute Gasteiger partial charge is 0.262 e. The number of imide groups is 2. The summed E-state index contributed by atoms with van der Waals surface area (Å²) in [6.07, 6.45) is 7.52. The fourth-order valence-corrected chi connectivity index (χ4v) is 3.96. The normalized spacial score (nSPS) is 19.2. The first-order chi connectivity index (χ1) is 13.5. The van der Waals surface area contributed by atoms with Crippen LogP contribution in [0.2, 0.25) is 0 Å². The molecular formula is C21H27N3O4. The molecule has 2 aliphatic rings. The van der Waals surface area contributed by atoms with Crippen LogP contribution < -0.4 is 11.1 Å². The maximum atomic E-state index is 13.0. The van der Waals surface area contributed by atoms with Crippen LogP contribution in [-0.2, 0) is 16.0 Å². The number of carbonyl (C=O) groups excluding carboxylic acids is 4. The van der Waals surface area contributed by atoms with Crippen LogP contribution >= 0.6 is 0 Å². The molecule has 7 nitrogen and oxygen atoms in total. The first-order valence-electron chi connectivity index (χ1n) is 10.1. The highest BCUT2D eigenvalue weighted by atomic mass is 16.2. The van der Waals surface area contributed by atoms with Gasteiger partial charge in [0.25, 0.3) is 11.8 Å². The predicted octanol–water partition coefficient (Wildman–Crippen LogP) is 1.93. The summed E-state index contributed by atoms with van der Waals surface area (Å²) in [5, 5.41) is 2.22. The Kier molecular flexibility index (Phi) is 6.57. The number of aryl methyl sites for hydroxylation is 1. The molecule has 1 atom stereocenters. The van der Waals surface area contributed by atoms with E-state index >= 15 is 0 Å². The van der Waals surface area contributed by atoms with Crippen LogP contribution in [0.4, 0.5) is 0 Å². The Morgan fingerprint density at radius 1 is 0.964 bits per heavy atom. The van der Waals surface area contributed by atoms with Gasteiger partial charge < -0.3 is 5.73 Å². The minimum Gasteiger partial charge on any atom is -0.330 e. The molecule has 1 aromatic carbocycles. The molecule has 0 radical (unpaired) electrons. The van der Waals surface area contributed by atoms with Gasteiger partial charge >= 0.3 is 0 Å². The Morgan fingerprint density at radius 2 is 1.68 bits per heavy atom. The molecule has 3 rings (SSSR count). The van der Waals surface area contributed by atoms with Gasteiger partial charge in [0.1, 0.15) is 6.04 Å². The first-order valence-corrected chi connectivity index (χ1v) is 10.1. The zero-order valence-electron chi connectivity index (χ0n) is 16.0. The largest absolute Gasteiger partial charge is 0.330 e. The van der Waals surface area contributed by atoms with E-state index in [1.165, 1.54) is 0 Å². The van der Waals surface area contributed by atoms with Crippen LogP contribution in [0.3, 0.4) is 0 Å². The molecule has 0 saturated carbocycles. The molecule has 1 fully saturated rings. The Bertz CT molecular complexity index is 790. The maximum absolute atomic E-state index is 13.0. The van der Waals surface area contributed by atoms with E-state index in [9.17, 15) is 19.2 Å². The zero-order chi connectivity index (χ0) is 20.1. The number of amides is 4. The van der Waals surface area contributed by atoms with E-state index in [0.29, 0.717) is 11.1 Å². The Morgan fingerprint density at radius 3 is 2.39 bits per heavy atom. The third-order valence-corrected chi connectivity index (χ3v) is 5.45. The Hall–Kier alpha value is -2.54. The molecule has 0 spiro atoms. The van der Waals surface area contributed by atoms with Crippen molar-refractivity contribution in [3.05, 3.63) is 34.9 Å². The molecule has 1 saturated heterocycles. The number of hydrogen-bond donors (Lipinski definition) is 2. The van der Waals surface area contributed by atoms with Crippen LogP contribution in [0.15, 0.2) is 18.2 Å². The molecule has 2 aliphatic heterocycles. The van der Waals surface area contributed by atoms with Gasteiger partial charge in [0, 0.05) is 6.42 Å². The zero-order valence-corrected chi connectivity index (χ0v) is 16.0. The van der Waals surface area contributed by atoms with E-state index < -0.39 is 23.8 Å².